The van der Waals surface area contributed by atoms with Gasteiger partial charge in [0.05, 0.1) is 16.2 Å². The Hall–Kier alpha value is -1.63. The van der Waals surface area contributed by atoms with Gasteiger partial charge in [-0.15, -0.1) is 0 Å². The summed E-state index contributed by atoms with van der Waals surface area (Å²) in [5.41, 5.74) is -0.447. The Kier molecular flexibility index (Phi) is 3.99. The molecule has 0 spiro atoms. The number of nitrogens with zero attached hydrogens (tertiary/aromatic N) is 2. The minimum Gasteiger partial charge on any atom is -0.287 e. The minimum atomic E-state index is -1.66. The maximum absolute atomic E-state index is 13.7. The molecule has 0 aliphatic rings. The first-order chi connectivity index (χ1) is 9.34. The summed E-state index contributed by atoms with van der Waals surface area (Å²) in [4.78, 5) is 12.3. The van der Waals surface area contributed by atoms with Crippen molar-refractivity contribution in [3.05, 3.63) is 51.5 Å². The highest BCUT2D eigenvalue weighted by Gasteiger charge is 2.25. The molecule has 106 valence electrons. The van der Waals surface area contributed by atoms with E-state index in [1.807, 2.05) is 0 Å². The standard InChI is InChI=1S/C13H10BrF3N2O/c1-6(2)19-12(8(14)5-18-19)13(20)7-3-4-9(15)11(17)10(7)16/h3-6H,1-2H3. The van der Waals surface area contributed by atoms with Gasteiger partial charge in [-0.1, -0.05) is 0 Å². The summed E-state index contributed by atoms with van der Waals surface area (Å²) < 4.78 is 41.5. The summed E-state index contributed by atoms with van der Waals surface area (Å²) >= 11 is 3.15. The number of aromatic nitrogens is 2. The second kappa shape index (κ2) is 5.40. The smallest absolute Gasteiger partial charge is 0.215 e. The molecule has 2 aromatic rings. The van der Waals surface area contributed by atoms with E-state index < -0.39 is 28.8 Å². The van der Waals surface area contributed by atoms with Crippen LogP contribution in [-0.4, -0.2) is 15.6 Å². The van der Waals surface area contributed by atoms with Crippen LogP contribution in [0, 0.1) is 17.5 Å². The molecule has 0 fully saturated rings. The lowest BCUT2D eigenvalue weighted by atomic mass is 10.1. The summed E-state index contributed by atoms with van der Waals surface area (Å²) in [6.45, 7) is 3.58. The molecular weight excluding hydrogens is 337 g/mol. The monoisotopic (exact) mass is 346 g/mol. The fraction of sp³-hybridized carbons (Fsp3) is 0.231. The number of hydrogen-bond donors (Lipinski definition) is 0. The number of ketones is 1. The number of carbonyl (C=O) groups is 1. The van der Waals surface area contributed by atoms with Gasteiger partial charge in [-0.2, -0.15) is 5.10 Å². The van der Waals surface area contributed by atoms with Crippen LogP contribution in [0.2, 0.25) is 0 Å². The SMILES string of the molecule is CC(C)n1ncc(Br)c1C(=O)c1ccc(F)c(F)c1F. The van der Waals surface area contributed by atoms with Crippen LogP contribution in [0.4, 0.5) is 13.2 Å². The summed E-state index contributed by atoms with van der Waals surface area (Å²) in [7, 11) is 0. The lowest BCUT2D eigenvalue weighted by molar-refractivity contribution is 0.102. The van der Waals surface area contributed by atoms with Gasteiger partial charge in [0.2, 0.25) is 5.78 Å². The van der Waals surface area contributed by atoms with E-state index in [4.69, 9.17) is 0 Å². The van der Waals surface area contributed by atoms with Gasteiger partial charge < -0.3 is 0 Å². The van der Waals surface area contributed by atoms with Crippen molar-refractivity contribution in [2.45, 2.75) is 19.9 Å². The number of halogens is 4. The fourth-order valence-corrected chi connectivity index (χ4v) is 2.23. The van der Waals surface area contributed by atoms with E-state index in [2.05, 4.69) is 21.0 Å². The molecule has 7 heteroatoms. The molecule has 20 heavy (non-hydrogen) atoms. The summed E-state index contributed by atoms with van der Waals surface area (Å²) in [5.74, 6) is -5.27. The lowest BCUT2D eigenvalue weighted by Crippen LogP contribution is -2.16. The van der Waals surface area contributed by atoms with Crippen LogP contribution in [0.5, 0.6) is 0 Å². The first-order valence-corrected chi connectivity index (χ1v) is 6.55. The first kappa shape index (κ1) is 14.8. The van der Waals surface area contributed by atoms with E-state index >= 15 is 0 Å². The van der Waals surface area contributed by atoms with Crippen molar-refractivity contribution in [3.8, 4) is 0 Å². The molecule has 0 N–H and O–H groups in total. The Balaban J connectivity index is 2.58. The predicted molar refractivity (Wildman–Crippen MR) is 70.1 cm³/mol. The second-order valence-corrected chi connectivity index (χ2v) is 5.29. The molecule has 0 saturated carbocycles. The van der Waals surface area contributed by atoms with Crippen molar-refractivity contribution < 1.29 is 18.0 Å². The highest BCUT2D eigenvalue weighted by atomic mass is 79.9. The number of benzene rings is 1. The maximum Gasteiger partial charge on any atom is 0.215 e. The molecule has 1 aromatic carbocycles. The third-order valence-corrected chi connectivity index (χ3v) is 3.32. The van der Waals surface area contributed by atoms with Gasteiger partial charge in [0, 0.05) is 6.04 Å². The van der Waals surface area contributed by atoms with Gasteiger partial charge >= 0.3 is 0 Å². The van der Waals surface area contributed by atoms with Gasteiger partial charge in [0.25, 0.3) is 0 Å². The number of carbonyl (C=O) groups excluding carboxylic acids is 1. The third-order valence-electron chi connectivity index (χ3n) is 2.73. The van der Waals surface area contributed by atoms with Crippen LogP contribution in [0.1, 0.15) is 35.9 Å². The Bertz CT molecular complexity index is 682. The average molecular weight is 347 g/mol. The molecule has 0 saturated heterocycles. The van der Waals surface area contributed by atoms with Gasteiger partial charge in [-0.3, -0.25) is 9.48 Å². The van der Waals surface area contributed by atoms with Gasteiger partial charge in [-0.05, 0) is 41.9 Å². The van der Waals surface area contributed by atoms with E-state index in [0.29, 0.717) is 4.47 Å². The lowest BCUT2D eigenvalue weighted by Gasteiger charge is -2.11. The van der Waals surface area contributed by atoms with Crippen molar-refractivity contribution in [2.24, 2.45) is 0 Å². The number of rotatable bonds is 3. The molecular formula is C13H10BrF3N2O. The Morgan fingerprint density at radius 1 is 1.25 bits per heavy atom. The van der Waals surface area contributed by atoms with E-state index in [1.54, 1.807) is 13.8 Å². The van der Waals surface area contributed by atoms with Crippen molar-refractivity contribution in [1.29, 1.82) is 0 Å². The van der Waals surface area contributed by atoms with Crippen LogP contribution in [0.3, 0.4) is 0 Å². The minimum absolute atomic E-state index is 0.0879. The highest BCUT2D eigenvalue weighted by molar-refractivity contribution is 9.10. The molecule has 0 atom stereocenters. The van der Waals surface area contributed by atoms with Gasteiger partial charge in [0.15, 0.2) is 17.5 Å². The predicted octanol–water partition coefficient (Wildman–Crippen LogP) is 3.87. The van der Waals surface area contributed by atoms with Crippen molar-refractivity contribution in [3.63, 3.8) is 0 Å². The van der Waals surface area contributed by atoms with Crippen LogP contribution in [0.15, 0.2) is 22.8 Å². The summed E-state index contributed by atoms with van der Waals surface area (Å²) in [5, 5.41) is 3.99. The zero-order valence-electron chi connectivity index (χ0n) is 10.6. The van der Waals surface area contributed by atoms with Crippen LogP contribution >= 0.6 is 15.9 Å². The van der Waals surface area contributed by atoms with Crippen LogP contribution in [-0.2, 0) is 0 Å². The Morgan fingerprint density at radius 2 is 1.90 bits per heavy atom. The van der Waals surface area contributed by atoms with E-state index in [1.165, 1.54) is 10.9 Å². The largest absolute Gasteiger partial charge is 0.287 e. The van der Waals surface area contributed by atoms with Crippen molar-refractivity contribution >= 4 is 21.7 Å². The second-order valence-electron chi connectivity index (χ2n) is 4.43. The highest BCUT2D eigenvalue weighted by Crippen LogP contribution is 2.25. The number of hydrogen-bond acceptors (Lipinski definition) is 2. The van der Waals surface area contributed by atoms with Gasteiger partial charge in [0.1, 0.15) is 5.69 Å². The maximum atomic E-state index is 13.7. The van der Waals surface area contributed by atoms with E-state index in [9.17, 15) is 18.0 Å². The van der Waals surface area contributed by atoms with E-state index in [-0.39, 0.29) is 11.7 Å². The molecule has 1 heterocycles. The molecule has 0 aliphatic carbocycles. The van der Waals surface area contributed by atoms with Crippen LogP contribution in [0.25, 0.3) is 0 Å². The van der Waals surface area contributed by atoms with Crippen molar-refractivity contribution in [2.75, 3.05) is 0 Å². The fourth-order valence-electron chi connectivity index (χ4n) is 1.77. The normalized spacial score (nSPS) is 11.2. The molecule has 1 aromatic heterocycles. The Morgan fingerprint density at radius 3 is 2.50 bits per heavy atom. The Labute approximate surface area is 121 Å². The zero-order valence-corrected chi connectivity index (χ0v) is 12.2. The van der Waals surface area contributed by atoms with Crippen molar-refractivity contribution in [1.82, 2.24) is 9.78 Å². The molecule has 0 radical (unpaired) electrons. The zero-order chi connectivity index (χ0) is 15.0. The average Bonchev–Trinajstić information content (AvgIpc) is 2.77. The van der Waals surface area contributed by atoms with Crippen LogP contribution < -0.4 is 0 Å². The molecule has 0 amide bonds. The topological polar surface area (TPSA) is 34.9 Å². The first-order valence-electron chi connectivity index (χ1n) is 5.75. The molecule has 0 bridgehead atoms. The quantitative estimate of drug-likeness (QED) is 0.624. The van der Waals surface area contributed by atoms with Gasteiger partial charge in [-0.25, -0.2) is 13.2 Å². The summed E-state index contributed by atoms with van der Waals surface area (Å²) in [6, 6.07) is 1.49. The molecule has 0 aliphatic heterocycles. The third kappa shape index (κ3) is 2.37. The molecule has 2 rings (SSSR count). The summed E-state index contributed by atoms with van der Waals surface area (Å²) in [6.07, 6.45) is 1.39. The molecule has 0 unspecified atom stereocenters. The van der Waals surface area contributed by atoms with E-state index in [0.717, 1.165) is 12.1 Å². The molecule has 3 nitrogen and oxygen atoms in total.